The number of carbonyl (C=O) groups is 1. The molecule has 2 aromatic carbocycles. The van der Waals surface area contributed by atoms with Crippen LogP contribution in [-0.4, -0.2) is 11.0 Å². The monoisotopic (exact) mass is 269 g/mol. The van der Waals surface area contributed by atoms with Crippen LogP contribution in [0.4, 0.5) is 5.69 Å². The van der Waals surface area contributed by atoms with Crippen LogP contribution in [0, 0.1) is 20.8 Å². The number of hydrogen-bond acceptors (Lipinski definition) is 2. The lowest BCUT2D eigenvalue weighted by molar-refractivity contribution is -0.124. The van der Waals surface area contributed by atoms with E-state index < -0.39 is 12.0 Å². The molecule has 0 aromatic heterocycles. The van der Waals surface area contributed by atoms with E-state index in [0.29, 0.717) is 11.3 Å². The van der Waals surface area contributed by atoms with Crippen LogP contribution in [0.2, 0.25) is 0 Å². The van der Waals surface area contributed by atoms with Crippen molar-refractivity contribution in [2.24, 2.45) is 0 Å². The lowest BCUT2D eigenvalue weighted by Gasteiger charge is -2.14. The molecule has 0 bridgehead atoms. The summed E-state index contributed by atoms with van der Waals surface area (Å²) in [6, 6.07) is 13.1. The minimum absolute atomic E-state index is 0.414. The summed E-state index contributed by atoms with van der Waals surface area (Å²) in [7, 11) is 0. The maximum absolute atomic E-state index is 12.1. The third-order valence-electron chi connectivity index (χ3n) is 3.25. The van der Waals surface area contributed by atoms with Crippen LogP contribution >= 0.6 is 0 Å². The molecule has 1 atom stereocenters. The van der Waals surface area contributed by atoms with E-state index in [2.05, 4.69) is 5.32 Å². The lowest BCUT2D eigenvalue weighted by atomic mass is 10.0. The third kappa shape index (κ3) is 3.25. The van der Waals surface area contributed by atoms with Gasteiger partial charge in [0.15, 0.2) is 6.10 Å². The molecule has 0 saturated heterocycles. The summed E-state index contributed by atoms with van der Waals surface area (Å²) in [6.45, 7) is 5.83. The molecule has 104 valence electrons. The molecule has 0 spiro atoms. The highest BCUT2D eigenvalue weighted by atomic mass is 16.3. The number of rotatable bonds is 3. The quantitative estimate of drug-likeness (QED) is 0.898. The summed E-state index contributed by atoms with van der Waals surface area (Å²) in [6.07, 6.45) is -1.16. The van der Waals surface area contributed by atoms with Crippen LogP contribution in [0.25, 0.3) is 0 Å². The van der Waals surface area contributed by atoms with Gasteiger partial charge in [0.05, 0.1) is 0 Å². The first-order valence-corrected chi connectivity index (χ1v) is 6.60. The second-order valence-corrected chi connectivity index (χ2v) is 5.12. The van der Waals surface area contributed by atoms with Gasteiger partial charge in [-0.3, -0.25) is 4.79 Å². The van der Waals surface area contributed by atoms with Crippen molar-refractivity contribution in [3.05, 3.63) is 64.7 Å². The Morgan fingerprint density at radius 1 is 1.05 bits per heavy atom. The number of benzene rings is 2. The molecule has 2 aromatic rings. The van der Waals surface area contributed by atoms with Gasteiger partial charge in [0.25, 0.3) is 5.91 Å². The molecule has 20 heavy (non-hydrogen) atoms. The molecule has 0 heterocycles. The second-order valence-electron chi connectivity index (χ2n) is 5.12. The summed E-state index contributed by atoms with van der Waals surface area (Å²) in [5.41, 5.74) is 4.41. The van der Waals surface area contributed by atoms with Crippen molar-refractivity contribution in [1.82, 2.24) is 0 Å². The van der Waals surface area contributed by atoms with E-state index in [-0.39, 0.29) is 0 Å². The molecular weight excluding hydrogens is 250 g/mol. The number of nitrogens with one attached hydrogen (secondary N) is 1. The van der Waals surface area contributed by atoms with Crippen molar-refractivity contribution in [2.75, 3.05) is 5.32 Å². The fraction of sp³-hybridized carbons (Fsp3) is 0.235. The van der Waals surface area contributed by atoms with Gasteiger partial charge in [0.1, 0.15) is 0 Å². The Labute approximate surface area is 119 Å². The second kappa shape index (κ2) is 5.88. The van der Waals surface area contributed by atoms with E-state index >= 15 is 0 Å². The molecule has 2 N–H and O–H groups in total. The van der Waals surface area contributed by atoms with Crippen molar-refractivity contribution in [2.45, 2.75) is 26.9 Å². The zero-order valence-corrected chi connectivity index (χ0v) is 12.0. The van der Waals surface area contributed by atoms with E-state index in [1.165, 1.54) is 0 Å². The smallest absolute Gasteiger partial charge is 0.257 e. The molecule has 1 amide bonds. The highest BCUT2D eigenvalue weighted by molar-refractivity contribution is 5.94. The van der Waals surface area contributed by atoms with Gasteiger partial charge < -0.3 is 10.4 Å². The fourth-order valence-corrected chi connectivity index (χ4v) is 2.21. The van der Waals surface area contributed by atoms with E-state index in [0.717, 1.165) is 16.7 Å². The zero-order valence-electron chi connectivity index (χ0n) is 12.0. The first-order valence-electron chi connectivity index (χ1n) is 6.60. The number of carbonyl (C=O) groups excluding carboxylic acids is 1. The van der Waals surface area contributed by atoms with Crippen LogP contribution in [0.15, 0.2) is 42.5 Å². The van der Waals surface area contributed by atoms with E-state index in [4.69, 9.17) is 0 Å². The van der Waals surface area contributed by atoms with E-state index in [1.807, 2.05) is 51.1 Å². The highest BCUT2D eigenvalue weighted by Crippen LogP contribution is 2.21. The summed E-state index contributed by atoms with van der Waals surface area (Å²) >= 11 is 0. The largest absolute Gasteiger partial charge is 0.378 e. The van der Waals surface area contributed by atoms with Crippen molar-refractivity contribution in [3.63, 3.8) is 0 Å². The molecule has 0 radical (unpaired) electrons. The normalized spacial score (nSPS) is 12.0. The SMILES string of the molecule is Cc1cccc(NC(=O)C(O)c2ccc(C)cc2C)c1. The number of anilines is 1. The molecule has 1 unspecified atom stereocenters. The minimum atomic E-state index is -1.16. The van der Waals surface area contributed by atoms with Crippen molar-refractivity contribution in [3.8, 4) is 0 Å². The predicted octanol–water partition coefficient (Wildman–Crippen LogP) is 3.28. The van der Waals surface area contributed by atoms with Crippen LogP contribution in [0.3, 0.4) is 0 Å². The average Bonchev–Trinajstić information content (AvgIpc) is 2.38. The van der Waals surface area contributed by atoms with Crippen molar-refractivity contribution < 1.29 is 9.90 Å². The molecule has 0 saturated carbocycles. The highest BCUT2D eigenvalue weighted by Gasteiger charge is 2.19. The Morgan fingerprint density at radius 2 is 1.75 bits per heavy atom. The Bertz CT molecular complexity index is 635. The van der Waals surface area contributed by atoms with Crippen LogP contribution in [0.5, 0.6) is 0 Å². The lowest BCUT2D eigenvalue weighted by Crippen LogP contribution is -2.21. The standard InChI is InChI=1S/C17H19NO2/c1-11-5-4-6-14(10-11)18-17(20)16(19)15-8-7-12(2)9-13(15)3/h4-10,16,19H,1-3H3,(H,18,20). The van der Waals surface area contributed by atoms with Crippen molar-refractivity contribution in [1.29, 1.82) is 0 Å². The van der Waals surface area contributed by atoms with E-state index in [9.17, 15) is 9.90 Å². The molecule has 3 nitrogen and oxygen atoms in total. The number of aliphatic hydroxyl groups excluding tert-OH is 1. The van der Waals surface area contributed by atoms with Gasteiger partial charge in [-0.15, -0.1) is 0 Å². The molecule has 0 fully saturated rings. The summed E-state index contributed by atoms with van der Waals surface area (Å²) in [5, 5.41) is 12.9. The van der Waals surface area contributed by atoms with Gasteiger partial charge in [-0.25, -0.2) is 0 Å². The Balaban J connectivity index is 2.16. The average molecular weight is 269 g/mol. The summed E-state index contributed by atoms with van der Waals surface area (Å²) < 4.78 is 0. The van der Waals surface area contributed by atoms with Gasteiger partial charge in [-0.2, -0.15) is 0 Å². The van der Waals surface area contributed by atoms with E-state index in [1.54, 1.807) is 12.1 Å². The number of aliphatic hydroxyl groups is 1. The molecule has 2 rings (SSSR count). The molecule has 0 aliphatic heterocycles. The summed E-state index contributed by atoms with van der Waals surface area (Å²) in [5.74, 6) is -0.414. The Morgan fingerprint density at radius 3 is 2.40 bits per heavy atom. The molecule has 3 heteroatoms. The van der Waals surface area contributed by atoms with Gasteiger partial charge in [0.2, 0.25) is 0 Å². The van der Waals surface area contributed by atoms with Gasteiger partial charge in [-0.1, -0.05) is 35.9 Å². The Kier molecular flexibility index (Phi) is 4.20. The number of amides is 1. The first-order chi connectivity index (χ1) is 9.47. The maximum Gasteiger partial charge on any atom is 0.257 e. The molecular formula is C17H19NO2. The van der Waals surface area contributed by atoms with Gasteiger partial charge in [-0.05, 0) is 49.6 Å². The van der Waals surface area contributed by atoms with Crippen LogP contribution in [-0.2, 0) is 4.79 Å². The van der Waals surface area contributed by atoms with Gasteiger partial charge >= 0.3 is 0 Å². The first kappa shape index (κ1) is 14.3. The molecule has 0 aliphatic rings. The van der Waals surface area contributed by atoms with Crippen LogP contribution < -0.4 is 5.32 Å². The molecule has 0 aliphatic carbocycles. The number of aryl methyl sites for hydroxylation is 3. The zero-order chi connectivity index (χ0) is 14.7. The third-order valence-corrected chi connectivity index (χ3v) is 3.25. The summed E-state index contributed by atoms with van der Waals surface area (Å²) in [4.78, 5) is 12.1. The Hall–Kier alpha value is -2.13. The number of hydrogen-bond donors (Lipinski definition) is 2. The van der Waals surface area contributed by atoms with Crippen LogP contribution in [0.1, 0.15) is 28.4 Å². The van der Waals surface area contributed by atoms with Crippen molar-refractivity contribution >= 4 is 11.6 Å². The predicted molar refractivity (Wildman–Crippen MR) is 80.7 cm³/mol. The topological polar surface area (TPSA) is 49.3 Å². The van der Waals surface area contributed by atoms with Gasteiger partial charge in [0, 0.05) is 5.69 Å². The maximum atomic E-state index is 12.1. The minimum Gasteiger partial charge on any atom is -0.378 e. The fourth-order valence-electron chi connectivity index (χ4n) is 2.21.